The van der Waals surface area contributed by atoms with Crippen LogP contribution in [0.1, 0.15) is 21.5 Å². The average Bonchev–Trinajstić information content (AvgIpc) is 3.08. The summed E-state index contributed by atoms with van der Waals surface area (Å²) >= 11 is 0. The molecule has 0 aliphatic carbocycles. The largest absolute Gasteiger partial charge is 0.493 e. The minimum atomic E-state index is -0.512. The first-order valence-corrected chi connectivity index (χ1v) is 9.85. The van der Waals surface area contributed by atoms with Crippen LogP contribution in [0.15, 0.2) is 78.4 Å². The van der Waals surface area contributed by atoms with Gasteiger partial charge in [-0.15, -0.1) is 0 Å². The van der Waals surface area contributed by atoms with Crippen LogP contribution < -0.4 is 19.9 Å². The fraction of sp³-hybridized carbons (Fsp3) is 0.0800. The molecule has 160 valence electrons. The molecule has 3 aromatic rings. The number of aryl methyl sites for hydroxylation is 1. The molecule has 0 aromatic heterocycles. The number of carbonyl (C=O) groups excluding carboxylic acids is 3. The molecule has 1 aliphatic rings. The van der Waals surface area contributed by atoms with Crippen LogP contribution in [0.25, 0.3) is 6.08 Å². The van der Waals surface area contributed by atoms with Gasteiger partial charge < -0.3 is 9.47 Å². The summed E-state index contributed by atoms with van der Waals surface area (Å²) in [5, 5.41) is 1.20. The lowest BCUT2D eigenvalue weighted by atomic mass is 10.1. The maximum atomic E-state index is 12.7. The Labute approximate surface area is 184 Å². The van der Waals surface area contributed by atoms with Gasteiger partial charge in [0.25, 0.3) is 11.8 Å². The van der Waals surface area contributed by atoms with E-state index in [1.54, 1.807) is 60.7 Å². The highest BCUT2D eigenvalue weighted by Gasteiger charge is 2.34. The number of hydrogen-bond acceptors (Lipinski definition) is 5. The number of esters is 1. The Kier molecular flexibility index (Phi) is 5.72. The van der Waals surface area contributed by atoms with Gasteiger partial charge in [0.15, 0.2) is 11.5 Å². The van der Waals surface area contributed by atoms with Crippen molar-refractivity contribution in [2.75, 3.05) is 12.1 Å². The zero-order valence-corrected chi connectivity index (χ0v) is 17.5. The second-order valence-electron chi connectivity index (χ2n) is 7.14. The highest BCUT2D eigenvalue weighted by molar-refractivity contribution is 6.31. The third-order valence-corrected chi connectivity index (χ3v) is 4.86. The van der Waals surface area contributed by atoms with E-state index >= 15 is 0 Å². The van der Waals surface area contributed by atoms with E-state index in [1.807, 2.05) is 19.1 Å². The van der Waals surface area contributed by atoms with E-state index in [9.17, 15) is 14.4 Å². The van der Waals surface area contributed by atoms with Gasteiger partial charge in [0, 0.05) is 0 Å². The molecule has 7 heteroatoms. The lowest BCUT2D eigenvalue weighted by molar-refractivity contribution is -0.117. The molecule has 1 saturated heterocycles. The standard InChI is InChI=1S/C25H20N2O5/c1-16-7-6-8-18(13-16)25(30)32-21-12-11-17(15-22(21)31-2)14-20-23(28)26-27(24(20)29)19-9-4-3-5-10-19/h3-15H,1-2H3,(H,26,28)/b20-14-. The van der Waals surface area contributed by atoms with Gasteiger partial charge in [-0.25, -0.2) is 9.80 Å². The highest BCUT2D eigenvalue weighted by Crippen LogP contribution is 2.30. The predicted octanol–water partition coefficient (Wildman–Crippen LogP) is 3.68. The van der Waals surface area contributed by atoms with Crippen LogP contribution in [0.4, 0.5) is 5.69 Å². The van der Waals surface area contributed by atoms with Crippen LogP contribution in [0.5, 0.6) is 11.5 Å². The molecular formula is C25H20N2O5. The summed E-state index contributed by atoms with van der Waals surface area (Å²) in [5.74, 6) is -0.953. The van der Waals surface area contributed by atoms with E-state index in [0.29, 0.717) is 22.6 Å². The van der Waals surface area contributed by atoms with Crippen molar-refractivity contribution in [2.24, 2.45) is 0 Å². The maximum Gasteiger partial charge on any atom is 0.343 e. The van der Waals surface area contributed by atoms with Crippen LogP contribution >= 0.6 is 0 Å². The van der Waals surface area contributed by atoms with E-state index in [-0.39, 0.29) is 11.3 Å². The molecule has 1 heterocycles. The smallest absolute Gasteiger partial charge is 0.343 e. The van der Waals surface area contributed by atoms with E-state index in [1.165, 1.54) is 18.2 Å². The molecule has 32 heavy (non-hydrogen) atoms. The topological polar surface area (TPSA) is 84.9 Å². The first kappa shape index (κ1) is 20.9. The number of anilines is 1. The first-order valence-electron chi connectivity index (χ1n) is 9.85. The second kappa shape index (κ2) is 8.77. The number of amides is 2. The molecule has 0 atom stereocenters. The number of hydrazine groups is 1. The van der Waals surface area contributed by atoms with Crippen molar-refractivity contribution in [3.05, 3.63) is 95.1 Å². The Morgan fingerprint density at radius 3 is 2.44 bits per heavy atom. The van der Waals surface area contributed by atoms with E-state index in [0.717, 1.165) is 5.56 Å². The normalized spacial score (nSPS) is 14.4. The zero-order valence-electron chi connectivity index (χ0n) is 17.5. The number of rotatable bonds is 5. The summed E-state index contributed by atoms with van der Waals surface area (Å²) in [5.41, 5.74) is 5.01. The number of benzene rings is 3. The third-order valence-electron chi connectivity index (χ3n) is 4.86. The van der Waals surface area contributed by atoms with E-state index in [2.05, 4.69) is 5.43 Å². The number of ether oxygens (including phenoxy) is 2. The van der Waals surface area contributed by atoms with E-state index in [4.69, 9.17) is 9.47 Å². The van der Waals surface area contributed by atoms with Gasteiger partial charge in [0.05, 0.1) is 18.4 Å². The molecule has 2 amide bonds. The molecule has 1 N–H and O–H groups in total. The molecule has 4 rings (SSSR count). The van der Waals surface area contributed by atoms with Crippen molar-refractivity contribution in [3.8, 4) is 11.5 Å². The number of carbonyl (C=O) groups is 3. The fourth-order valence-electron chi connectivity index (χ4n) is 3.27. The van der Waals surface area contributed by atoms with Gasteiger partial charge in [-0.2, -0.15) is 0 Å². The van der Waals surface area contributed by atoms with Crippen LogP contribution in [0, 0.1) is 6.92 Å². The van der Waals surface area contributed by atoms with Gasteiger partial charge in [0.2, 0.25) is 0 Å². The average molecular weight is 428 g/mol. The predicted molar refractivity (Wildman–Crippen MR) is 119 cm³/mol. The maximum absolute atomic E-state index is 12.7. The van der Waals surface area contributed by atoms with Crippen molar-refractivity contribution in [1.29, 1.82) is 0 Å². The summed E-state index contributed by atoms with van der Waals surface area (Å²) in [6.07, 6.45) is 1.47. The number of para-hydroxylation sites is 1. The molecule has 7 nitrogen and oxygen atoms in total. The monoisotopic (exact) mass is 428 g/mol. The molecule has 0 unspecified atom stereocenters. The third kappa shape index (κ3) is 4.22. The fourth-order valence-corrected chi connectivity index (χ4v) is 3.27. The Morgan fingerprint density at radius 2 is 1.72 bits per heavy atom. The van der Waals surface area contributed by atoms with Gasteiger partial charge in [-0.1, -0.05) is 42.0 Å². The van der Waals surface area contributed by atoms with Crippen molar-refractivity contribution >= 4 is 29.5 Å². The SMILES string of the molecule is COc1cc(/C=C2/C(=O)NN(c3ccccc3)C2=O)ccc1OC(=O)c1cccc(C)c1. The summed E-state index contributed by atoms with van der Waals surface area (Å²) in [6, 6.07) is 20.7. The number of methoxy groups -OCH3 is 1. The Hall–Kier alpha value is -4.39. The molecule has 3 aromatic carbocycles. The van der Waals surface area contributed by atoms with Crippen molar-refractivity contribution in [3.63, 3.8) is 0 Å². The van der Waals surface area contributed by atoms with Gasteiger partial charge in [-0.3, -0.25) is 15.0 Å². The second-order valence-corrected chi connectivity index (χ2v) is 7.14. The molecule has 1 fully saturated rings. The molecule has 1 aliphatic heterocycles. The quantitative estimate of drug-likeness (QED) is 0.290. The molecule has 0 saturated carbocycles. The van der Waals surface area contributed by atoms with Gasteiger partial charge in [-0.05, 0) is 55.0 Å². The van der Waals surface area contributed by atoms with Gasteiger partial charge in [0.1, 0.15) is 5.57 Å². The summed E-state index contributed by atoms with van der Waals surface area (Å²) in [4.78, 5) is 37.6. The Morgan fingerprint density at radius 1 is 0.938 bits per heavy atom. The summed E-state index contributed by atoms with van der Waals surface area (Å²) < 4.78 is 10.8. The van der Waals surface area contributed by atoms with Gasteiger partial charge >= 0.3 is 5.97 Å². The Bertz CT molecular complexity index is 1230. The van der Waals surface area contributed by atoms with Crippen molar-refractivity contribution < 1.29 is 23.9 Å². The highest BCUT2D eigenvalue weighted by atomic mass is 16.6. The number of hydrogen-bond donors (Lipinski definition) is 1. The number of nitrogens with zero attached hydrogens (tertiary/aromatic N) is 1. The van der Waals surface area contributed by atoms with Crippen molar-refractivity contribution in [2.45, 2.75) is 6.92 Å². The Balaban J connectivity index is 1.57. The zero-order chi connectivity index (χ0) is 22.7. The first-order chi connectivity index (χ1) is 15.5. The van der Waals surface area contributed by atoms with Crippen molar-refractivity contribution in [1.82, 2.24) is 5.43 Å². The molecular weight excluding hydrogens is 408 g/mol. The van der Waals surface area contributed by atoms with E-state index < -0.39 is 17.8 Å². The lowest BCUT2D eigenvalue weighted by Gasteiger charge is -2.13. The summed E-state index contributed by atoms with van der Waals surface area (Å²) in [7, 11) is 1.45. The molecule has 0 radical (unpaired) electrons. The molecule has 0 spiro atoms. The number of nitrogens with one attached hydrogen (secondary N) is 1. The minimum Gasteiger partial charge on any atom is -0.493 e. The van der Waals surface area contributed by atoms with Crippen LogP contribution in [0.2, 0.25) is 0 Å². The molecule has 0 bridgehead atoms. The van der Waals surface area contributed by atoms with Crippen LogP contribution in [0.3, 0.4) is 0 Å². The lowest BCUT2D eigenvalue weighted by Crippen LogP contribution is -2.35. The van der Waals surface area contributed by atoms with Crippen LogP contribution in [-0.2, 0) is 9.59 Å². The van der Waals surface area contributed by atoms with Crippen LogP contribution in [-0.4, -0.2) is 24.9 Å². The minimum absolute atomic E-state index is 0.0135. The summed E-state index contributed by atoms with van der Waals surface area (Å²) in [6.45, 7) is 1.89.